The molecule has 0 spiro atoms. The highest BCUT2D eigenvalue weighted by Crippen LogP contribution is 2.49. The lowest BCUT2D eigenvalue weighted by molar-refractivity contribution is -0.130. The Hall–Kier alpha value is -1.88. The normalized spacial score (nSPS) is 28.5. The van der Waals surface area contributed by atoms with Crippen molar-refractivity contribution in [1.82, 2.24) is 5.32 Å². The number of carbonyl (C=O) groups excluding carboxylic acids is 2. The first-order valence-electron chi connectivity index (χ1n) is 9.72. The molecule has 0 radical (unpaired) electrons. The van der Waals surface area contributed by atoms with Crippen molar-refractivity contribution in [2.75, 3.05) is 0 Å². The third kappa shape index (κ3) is 3.37. The fraction of sp³-hybridized carbons (Fsp3) is 0.619. The second kappa shape index (κ2) is 7.03. The van der Waals surface area contributed by atoms with Gasteiger partial charge < -0.3 is 14.8 Å². The van der Waals surface area contributed by atoms with E-state index in [9.17, 15) is 9.59 Å². The molecule has 1 aromatic carbocycles. The number of ether oxygens (including phenoxy) is 2. The molecule has 5 nitrogen and oxygen atoms in total. The van der Waals surface area contributed by atoms with Crippen molar-refractivity contribution in [2.24, 2.45) is 17.8 Å². The van der Waals surface area contributed by atoms with Crippen LogP contribution in [0.25, 0.3) is 0 Å². The number of benzene rings is 1. The largest absolute Gasteiger partial charge is 0.449 e. The van der Waals surface area contributed by atoms with Gasteiger partial charge in [0.05, 0.1) is 18.8 Å². The van der Waals surface area contributed by atoms with Gasteiger partial charge in [-0.1, -0.05) is 12.5 Å². The van der Waals surface area contributed by atoms with Crippen molar-refractivity contribution in [3.05, 3.63) is 34.9 Å². The molecule has 1 heterocycles. The second-order valence-electron chi connectivity index (χ2n) is 8.16. The van der Waals surface area contributed by atoms with Crippen LogP contribution in [0, 0.1) is 17.8 Å². The molecule has 2 aliphatic carbocycles. The molecule has 5 heteroatoms. The van der Waals surface area contributed by atoms with E-state index in [4.69, 9.17) is 9.47 Å². The Bertz CT molecular complexity index is 716. The Balaban J connectivity index is 1.31. The highest BCUT2D eigenvalue weighted by molar-refractivity contribution is 5.92. The number of fused-ring (bicyclic) bond motifs is 3. The molecule has 1 amide bonds. The first-order valence-corrected chi connectivity index (χ1v) is 9.72. The topological polar surface area (TPSA) is 64.6 Å². The first-order chi connectivity index (χ1) is 12.5. The van der Waals surface area contributed by atoms with Crippen LogP contribution in [0.15, 0.2) is 18.2 Å². The summed E-state index contributed by atoms with van der Waals surface area (Å²) >= 11 is 0. The third-order valence-corrected chi connectivity index (χ3v) is 6.42. The van der Waals surface area contributed by atoms with Gasteiger partial charge in [0, 0.05) is 6.04 Å². The van der Waals surface area contributed by atoms with Crippen LogP contribution in [-0.4, -0.2) is 24.0 Å². The van der Waals surface area contributed by atoms with E-state index in [0.717, 1.165) is 23.0 Å². The SMILES string of the molecule is C[C@H](OC(=O)c1ccc2c(c1)COC2)C(=O)N[C@@H](C)[C@H]1C[C@H]2CC[C@H]1C2. The van der Waals surface area contributed by atoms with Gasteiger partial charge in [-0.05, 0) is 74.1 Å². The highest BCUT2D eigenvalue weighted by Gasteiger charge is 2.42. The summed E-state index contributed by atoms with van der Waals surface area (Å²) in [5, 5.41) is 3.07. The monoisotopic (exact) mass is 357 g/mol. The molecule has 0 unspecified atom stereocenters. The number of nitrogens with one attached hydrogen (secondary N) is 1. The number of esters is 1. The zero-order valence-corrected chi connectivity index (χ0v) is 15.5. The van der Waals surface area contributed by atoms with Gasteiger partial charge >= 0.3 is 5.97 Å². The van der Waals surface area contributed by atoms with Crippen LogP contribution >= 0.6 is 0 Å². The molecule has 2 saturated carbocycles. The third-order valence-electron chi connectivity index (χ3n) is 6.42. The summed E-state index contributed by atoms with van der Waals surface area (Å²) < 4.78 is 10.8. The lowest BCUT2D eigenvalue weighted by Gasteiger charge is -2.29. The number of carbonyl (C=O) groups is 2. The molecular weight excluding hydrogens is 330 g/mol. The van der Waals surface area contributed by atoms with Gasteiger partial charge in [0.1, 0.15) is 0 Å². The molecule has 140 valence electrons. The van der Waals surface area contributed by atoms with E-state index >= 15 is 0 Å². The average Bonchev–Trinajstić information content (AvgIpc) is 3.36. The van der Waals surface area contributed by atoms with Crippen molar-refractivity contribution in [1.29, 1.82) is 0 Å². The van der Waals surface area contributed by atoms with Gasteiger partial charge in [0.2, 0.25) is 0 Å². The molecule has 4 rings (SSSR count). The predicted molar refractivity (Wildman–Crippen MR) is 96.4 cm³/mol. The zero-order chi connectivity index (χ0) is 18.3. The summed E-state index contributed by atoms with van der Waals surface area (Å²) in [5.41, 5.74) is 2.59. The molecule has 0 saturated heterocycles. The lowest BCUT2D eigenvalue weighted by Crippen LogP contribution is -2.45. The van der Waals surface area contributed by atoms with Crippen molar-refractivity contribution < 1.29 is 19.1 Å². The Kier molecular flexibility index (Phi) is 4.74. The van der Waals surface area contributed by atoms with Crippen LogP contribution < -0.4 is 5.32 Å². The van der Waals surface area contributed by atoms with E-state index in [0.29, 0.717) is 24.7 Å². The Morgan fingerprint density at radius 3 is 2.69 bits per heavy atom. The minimum atomic E-state index is -0.798. The predicted octanol–water partition coefficient (Wildman–Crippen LogP) is 3.20. The van der Waals surface area contributed by atoms with Crippen molar-refractivity contribution in [3.8, 4) is 0 Å². The summed E-state index contributed by atoms with van der Waals surface area (Å²) in [6.45, 7) is 4.83. The van der Waals surface area contributed by atoms with Gasteiger partial charge in [-0.15, -0.1) is 0 Å². The first kappa shape index (κ1) is 17.5. The summed E-state index contributed by atoms with van der Waals surface area (Å²) in [5.74, 6) is 1.50. The van der Waals surface area contributed by atoms with Crippen LogP contribution in [0.3, 0.4) is 0 Å². The Morgan fingerprint density at radius 2 is 1.96 bits per heavy atom. The van der Waals surface area contributed by atoms with Crippen LogP contribution in [-0.2, 0) is 27.5 Å². The molecule has 2 bridgehead atoms. The number of hydrogen-bond acceptors (Lipinski definition) is 4. The van der Waals surface area contributed by atoms with Crippen LogP contribution in [0.2, 0.25) is 0 Å². The van der Waals surface area contributed by atoms with E-state index in [2.05, 4.69) is 12.2 Å². The van der Waals surface area contributed by atoms with E-state index in [1.165, 1.54) is 25.7 Å². The van der Waals surface area contributed by atoms with Gasteiger partial charge in [-0.25, -0.2) is 4.79 Å². The van der Waals surface area contributed by atoms with Crippen molar-refractivity contribution >= 4 is 11.9 Å². The molecule has 1 aromatic rings. The van der Waals surface area contributed by atoms with E-state index in [-0.39, 0.29) is 11.9 Å². The molecular formula is C21H27NO4. The minimum absolute atomic E-state index is 0.135. The fourth-order valence-electron chi connectivity index (χ4n) is 4.94. The molecule has 2 fully saturated rings. The lowest BCUT2D eigenvalue weighted by atomic mass is 9.84. The average molecular weight is 357 g/mol. The van der Waals surface area contributed by atoms with Gasteiger partial charge in [-0.3, -0.25) is 4.79 Å². The highest BCUT2D eigenvalue weighted by atomic mass is 16.5. The quantitative estimate of drug-likeness (QED) is 0.822. The van der Waals surface area contributed by atoms with Crippen molar-refractivity contribution in [2.45, 2.75) is 64.9 Å². The number of rotatable bonds is 5. The molecule has 5 atom stereocenters. The fourth-order valence-corrected chi connectivity index (χ4v) is 4.94. The standard InChI is InChI=1S/C21H27NO4/c1-12(19-8-14-3-4-15(19)7-14)22-20(23)13(2)26-21(24)16-5-6-17-10-25-11-18(17)9-16/h5-6,9,12-15,19H,3-4,7-8,10-11H2,1-2H3,(H,22,23)/t12-,13-,14-,15-,19+/m0/s1. The molecule has 1 aliphatic heterocycles. The van der Waals surface area contributed by atoms with Crippen LogP contribution in [0.1, 0.15) is 61.0 Å². The van der Waals surface area contributed by atoms with Crippen LogP contribution in [0.4, 0.5) is 0 Å². The summed E-state index contributed by atoms with van der Waals surface area (Å²) in [6, 6.07) is 5.56. The smallest absolute Gasteiger partial charge is 0.338 e. The molecule has 1 N–H and O–H groups in total. The van der Waals surface area contributed by atoms with E-state index in [1.807, 2.05) is 6.07 Å². The molecule has 26 heavy (non-hydrogen) atoms. The maximum atomic E-state index is 12.5. The maximum absolute atomic E-state index is 12.5. The van der Waals surface area contributed by atoms with Gasteiger partial charge in [0.15, 0.2) is 6.10 Å². The summed E-state index contributed by atoms with van der Waals surface area (Å²) in [7, 11) is 0. The van der Waals surface area contributed by atoms with Gasteiger partial charge in [0.25, 0.3) is 5.91 Å². The number of amides is 1. The Labute approximate surface area is 154 Å². The summed E-state index contributed by atoms with van der Waals surface area (Å²) in [6.07, 6.45) is 4.38. The van der Waals surface area contributed by atoms with E-state index in [1.54, 1.807) is 19.1 Å². The molecule has 3 aliphatic rings. The second-order valence-corrected chi connectivity index (χ2v) is 8.16. The van der Waals surface area contributed by atoms with E-state index < -0.39 is 12.1 Å². The minimum Gasteiger partial charge on any atom is -0.449 e. The number of hydrogen-bond donors (Lipinski definition) is 1. The Morgan fingerprint density at radius 1 is 1.15 bits per heavy atom. The molecule has 0 aromatic heterocycles. The zero-order valence-electron chi connectivity index (χ0n) is 15.5. The maximum Gasteiger partial charge on any atom is 0.338 e. The van der Waals surface area contributed by atoms with Crippen molar-refractivity contribution in [3.63, 3.8) is 0 Å². The van der Waals surface area contributed by atoms with Crippen LogP contribution in [0.5, 0.6) is 0 Å². The van der Waals surface area contributed by atoms with Gasteiger partial charge in [-0.2, -0.15) is 0 Å². The summed E-state index contributed by atoms with van der Waals surface area (Å²) in [4.78, 5) is 24.8.